The van der Waals surface area contributed by atoms with Gasteiger partial charge in [0, 0.05) is 25.3 Å². The van der Waals surface area contributed by atoms with E-state index in [1.165, 1.54) is 0 Å². The number of rotatable bonds is 5. The number of hydrogen-bond acceptors (Lipinski definition) is 5. The lowest BCUT2D eigenvalue weighted by atomic mass is 10.3. The molecule has 0 amide bonds. The highest BCUT2D eigenvalue weighted by Gasteiger charge is 2.06. The first-order valence-electron chi connectivity index (χ1n) is 6.18. The van der Waals surface area contributed by atoms with Crippen LogP contribution in [0.3, 0.4) is 0 Å². The highest BCUT2D eigenvalue weighted by atomic mass is 16.5. The standard InChI is InChI=1S/C14H18N4O/c1-4-15-13-9-14(17-10-16-13)18(2)11-5-7-12(19-3)8-6-11/h5-10H,4H2,1-3H3,(H,15,16,17). The fraction of sp³-hybridized carbons (Fsp3) is 0.286. The summed E-state index contributed by atoms with van der Waals surface area (Å²) < 4.78 is 5.15. The molecule has 0 atom stereocenters. The van der Waals surface area contributed by atoms with Crippen LogP contribution in [0.15, 0.2) is 36.7 Å². The molecule has 19 heavy (non-hydrogen) atoms. The highest BCUT2D eigenvalue weighted by molar-refractivity contribution is 5.62. The van der Waals surface area contributed by atoms with Gasteiger partial charge in [0.1, 0.15) is 23.7 Å². The molecule has 5 nitrogen and oxygen atoms in total. The molecule has 0 unspecified atom stereocenters. The molecule has 0 spiro atoms. The molecular formula is C14H18N4O. The van der Waals surface area contributed by atoms with Crippen molar-refractivity contribution in [2.75, 3.05) is 30.9 Å². The first-order chi connectivity index (χ1) is 9.24. The number of ether oxygens (including phenoxy) is 1. The van der Waals surface area contributed by atoms with Crippen LogP contribution in [0, 0.1) is 0 Å². The maximum absolute atomic E-state index is 5.15. The monoisotopic (exact) mass is 258 g/mol. The number of nitrogens with one attached hydrogen (secondary N) is 1. The van der Waals surface area contributed by atoms with Crippen LogP contribution in [0.1, 0.15) is 6.92 Å². The molecule has 1 aromatic heterocycles. The van der Waals surface area contributed by atoms with E-state index in [4.69, 9.17) is 4.74 Å². The Morgan fingerprint density at radius 2 is 1.95 bits per heavy atom. The summed E-state index contributed by atoms with van der Waals surface area (Å²) in [6, 6.07) is 9.77. The van der Waals surface area contributed by atoms with E-state index >= 15 is 0 Å². The first kappa shape index (κ1) is 13.1. The summed E-state index contributed by atoms with van der Waals surface area (Å²) in [6.07, 6.45) is 1.56. The molecule has 0 aliphatic heterocycles. The molecule has 1 heterocycles. The van der Waals surface area contributed by atoms with Crippen LogP contribution in [-0.4, -0.2) is 30.7 Å². The van der Waals surface area contributed by atoms with Crippen molar-refractivity contribution in [3.05, 3.63) is 36.7 Å². The van der Waals surface area contributed by atoms with Crippen molar-refractivity contribution in [2.24, 2.45) is 0 Å². The van der Waals surface area contributed by atoms with E-state index in [-0.39, 0.29) is 0 Å². The van der Waals surface area contributed by atoms with Gasteiger partial charge in [0.2, 0.25) is 0 Å². The predicted octanol–water partition coefficient (Wildman–Crippen LogP) is 2.68. The van der Waals surface area contributed by atoms with Gasteiger partial charge in [0.25, 0.3) is 0 Å². The van der Waals surface area contributed by atoms with Gasteiger partial charge in [-0.15, -0.1) is 0 Å². The topological polar surface area (TPSA) is 50.3 Å². The van der Waals surface area contributed by atoms with Crippen molar-refractivity contribution in [2.45, 2.75) is 6.92 Å². The Morgan fingerprint density at radius 1 is 1.21 bits per heavy atom. The van der Waals surface area contributed by atoms with Crippen molar-refractivity contribution in [1.29, 1.82) is 0 Å². The number of anilines is 3. The third kappa shape index (κ3) is 3.13. The molecule has 100 valence electrons. The summed E-state index contributed by atoms with van der Waals surface area (Å²) in [4.78, 5) is 10.4. The fourth-order valence-corrected chi connectivity index (χ4v) is 1.75. The fourth-order valence-electron chi connectivity index (χ4n) is 1.75. The molecule has 0 saturated carbocycles. The Hall–Kier alpha value is -2.30. The minimum Gasteiger partial charge on any atom is -0.497 e. The van der Waals surface area contributed by atoms with Gasteiger partial charge >= 0.3 is 0 Å². The van der Waals surface area contributed by atoms with E-state index in [0.717, 1.165) is 29.6 Å². The lowest BCUT2D eigenvalue weighted by molar-refractivity contribution is 0.415. The van der Waals surface area contributed by atoms with Crippen LogP contribution in [-0.2, 0) is 0 Å². The molecule has 0 radical (unpaired) electrons. The Morgan fingerprint density at radius 3 is 2.58 bits per heavy atom. The molecule has 0 bridgehead atoms. The zero-order valence-corrected chi connectivity index (χ0v) is 11.4. The van der Waals surface area contributed by atoms with Crippen LogP contribution in [0.4, 0.5) is 17.3 Å². The van der Waals surface area contributed by atoms with E-state index in [1.54, 1.807) is 13.4 Å². The van der Waals surface area contributed by atoms with Gasteiger partial charge in [-0.3, -0.25) is 0 Å². The molecule has 0 aliphatic rings. The third-order valence-electron chi connectivity index (χ3n) is 2.81. The lowest BCUT2D eigenvalue weighted by Crippen LogP contribution is -2.12. The molecular weight excluding hydrogens is 240 g/mol. The Bertz CT molecular complexity index is 527. The Kier molecular flexibility index (Phi) is 4.18. The van der Waals surface area contributed by atoms with E-state index in [2.05, 4.69) is 15.3 Å². The van der Waals surface area contributed by atoms with Crippen LogP contribution in [0.2, 0.25) is 0 Å². The van der Waals surface area contributed by atoms with E-state index in [9.17, 15) is 0 Å². The van der Waals surface area contributed by atoms with Crippen molar-refractivity contribution in [3.63, 3.8) is 0 Å². The van der Waals surface area contributed by atoms with Crippen LogP contribution in [0.25, 0.3) is 0 Å². The van der Waals surface area contributed by atoms with Crippen LogP contribution >= 0.6 is 0 Å². The maximum Gasteiger partial charge on any atom is 0.138 e. The van der Waals surface area contributed by atoms with Crippen LogP contribution < -0.4 is 15.0 Å². The summed E-state index contributed by atoms with van der Waals surface area (Å²) >= 11 is 0. The van der Waals surface area contributed by atoms with Crippen molar-refractivity contribution in [1.82, 2.24) is 9.97 Å². The van der Waals surface area contributed by atoms with Gasteiger partial charge in [0.15, 0.2) is 0 Å². The quantitative estimate of drug-likeness (QED) is 0.893. The Labute approximate surface area is 113 Å². The van der Waals surface area contributed by atoms with Gasteiger partial charge < -0.3 is 15.0 Å². The van der Waals surface area contributed by atoms with Crippen LogP contribution in [0.5, 0.6) is 5.75 Å². The normalized spacial score (nSPS) is 10.1. The molecule has 2 rings (SSSR count). The minimum absolute atomic E-state index is 0.827. The molecule has 5 heteroatoms. The molecule has 0 aliphatic carbocycles. The summed E-state index contributed by atoms with van der Waals surface area (Å²) in [6.45, 7) is 2.87. The minimum atomic E-state index is 0.827. The molecule has 1 N–H and O–H groups in total. The average Bonchev–Trinajstić information content (AvgIpc) is 2.47. The van der Waals surface area contributed by atoms with E-state index in [1.807, 2.05) is 49.2 Å². The molecule has 0 fully saturated rings. The van der Waals surface area contributed by atoms with Gasteiger partial charge in [-0.05, 0) is 31.2 Å². The van der Waals surface area contributed by atoms with Gasteiger partial charge in [-0.1, -0.05) is 0 Å². The van der Waals surface area contributed by atoms with Gasteiger partial charge in [-0.25, -0.2) is 9.97 Å². The maximum atomic E-state index is 5.15. The number of nitrogens with zero attached hydrogens (tertiary/aromatic N) is 3. The predicted molar refractivity (Wildman–Crippen MR) is 77.3 cm³/mol. The van der Waals surface area contributed by atoms with Crippen molar-refractivity contribution >= 4 is 17.3 Å². The molecule has 1 aromatic carbocycles. The van der Waals surface area contributed by atoms with Gasteiger partial charge in [-0.2, -0.15) is 0 Å². The van der Waals surface area contributed by atoms with E-state index in [0.29, 0.717) is 0 Å². The molecule has 0 saturated heterocycles. The second kappa shape index (κ2) is 6.04. The third-order valence-corrected chi connectivity index (χ3v) is 2.81. The van der Waals surface area contributed by atoms with Gasteiger partial charge in [0.05, 0.1) is 7.11 Å². The summed E-state index contributed by atoms with van der Waals surface area (Å²) in [5.74, 6) is 2.51. The number of aromatic nitrogens is 2. The first-order valence-corrected chi connectivity index (χ1v) is 6.18. The average molecular weight is 258 g/mol. The van der Waals surface area contributed by atoms with E-state index < -0.39 is 0 Å². The number of methoxy groups -OCH3 is 1. The smallest absolute Gasteiger partial charge is 0.138 e. The highest BCUT2D eigenvalue weighted by Crippen LogP contribution is 2.24. The Balaban J connectivity index is 2.22. The second-order valence-corrected chi connectivity index (χ2v) is 4.05. The SMILES string of the molecule is CCNc1cc(N(C)c2ccc(OC)cc2)ncn1. The largest absolute Gasteiger partial charge is 0.497 e. The van der Waals surface area contributed by atoms with Crippen molar-refractivity contribution < 1.29 is 4.74 Å². The van der Waals surface area contributed by atoms with Crippen molar-refractivity contribution in [3.8, 4) is 5.75 Å². The number of benzene rings is 1. The molecule has 2 aromatic rings. The summed E-state index contributed by atoms with van der Waals surface area (Å²) in [5.41, 5.74) is 1.04. The second-order valence-electron chi connectivity index (χ2n) is 4.05. The summed E-state index contributed by atoms with van der Waals surface area (Å²) in [7, 11) is 3.63. The summed E-state index contributed by atoms with van der Waals surface area (Å²) in [5, 5.41) is 3.17. The number of hydrogen-bond donors (Lipinski definition) is 1. The zero-order valence-electron chi connectivity index (χ0n) is 11.4. The zero-order chi connectivity index (χ0) is 13.7. The lowest BCUT2D eigenvalue weighted by Gasteiger charge is -2.19.